The molecular formula is C16H25N3O2S. The number of benzene rings is 1. The van der Waals surface area contributed by atoms with Crippen molar-refractivity contribution in [2.24, 2.45) is 0 Å². The van der Waals surface area contributed by atoms with Gasteiger partial charge in [-0.15, -0.1) is 12.6 Å². The van der Waals surface area contributed by atoms with Crippen LogP contribution >= 0.6 is 12.6 Å². The smallest absolute Gasteiger partial charge is 0.407 e. The Labute approximate surface area is 138 Å². The van der Waals surface area contributed by atoms with Gasteiger partial charge in [0, 0.05) is 18.8 Å². The predicted molar refractivity (Wildman–Crippen MR) is 93.9 cm³/mol. The zero-order valence-corrected chi connectivity index (χ0v) is 14.5. The minimum absolute atomic E-state index is 0.208. The van der Waals surface area contributed by atoms with Crippen molar-refractivity contribution in [2.75, 3.05) is 11.4 Å². The van der Waals surface area contributed by atoms with Crippen LogP contribution < -0.4 is 10.2 Å². The van der Waals surface area contributed by atoms with Crippen LogP contribution in [0.5, 0.6) is 0 Å². The number of hydrogen-bond acceptors (Lipinski definition) is 3. The topological polar surface area (TPSA) is 65.4 Å². The first kappa shape index (κ1) is 18.4. The maximum atomic E-state index is 11.7. The number of carbonyl (C=O) groups is 1. The van der Waals surface area contributed by atoms with E-state index in [2.05, 4.69) is 24.9 Å². The van der Waals surface area contributed by atoms with Gasteiger partial charge in [0.05, 0.1) is 0 Å². The Balaban J connectivity index is 2.72. The molecule has 1 aromatic rings. The van der Waals surface area contributed by atoms with Gasteiger partial charge in [-0.2, -0.15) is 0 Å². The third kappa shape index (κ3) is 6.39. The van der Waals surface area contributed by atoms with Crippen LogP contribution in [0, 0.1) is 5.41 Å². The Kier molecular flexibility index (Phi) is 6.74. The number of carbonyl (C=O) groups excluding carboxylic acids is 1. The van der Waals surface area contributed by atoms with Crippen molar-refractivity contribution in [1.82, 2.24) is 5.32 Å². The number of amidine groups is 1. The van der Waals surface area contributed by atoms with E-state index in [0.29, 0.717) is 6.54 Å². The van der Waals surface area contributed by atoms with Crippen LogP contribution in [0.4, 0.5) is 10.5 Å². The molecule has 0 bridgehead atoms. The molecule has 5 nitrogen and oxygen atoms in total. The van der Waals surface area contributed by atoms with Gasteiger partial charge in [0.15, 0.2) is 5.17 Å². The summed E-state index contributed by atoms with van der Waals surface area (Å²) in [4.78, 5) is 13.5. The Bertz CT molecular complexity index is 526. The number of hydrogen-bond donors (Lipinski definition) is 3. The summed E-state index contributed by atoms with van der Waals surface area (Å²) >= 11 is 4.12. The molecule has 122 valence electrons. The molecule has 0 unspecified atom stereocenters. The lowest BCUT2D eigenvalue weighted by molar-refractivity contribution is 0.0523. The van der Waals surface area contributed by atoms with Crippen LogP contribution in [-0.2, 0) is 11.3 Å². The van der Waals surface area contributed by atoms with Crippen molar-refractivity contribution in [3.63, 3.8) is 0 Å². The zero-order valence-electron chi connectivity index (χ0n) is 13.6. The molecule has 1 rings (SSSR count). The van der Waals surface area contributed by atoms with Crippen LogP contribution in [0.25, 0.3) is 0 Å². The summed E-state index contributed by atoms with van der Waals surface area (Å²) in [5.74, 6) is 0. The minimum Gasteiger partial charge on any atom is -0.444 e. The van der Waals surface area contributed by atoms with E-state index in [9.17, 15) is 4.79 Å². The van der Waals surface area contributed by atoms with E-state index in [0.717, 1.165) is 24.2 Å². The first-order valence-corrected chi connectivity index (χ1v) is 7.78. The largest absolute Gasteiger partial charge is 0.444 e. The molecule has 22 heavy (non-hydrogen) atoms. The van der Waals surface area contributed by atoms with Gasteiger partial charge in [-0.1, -0.05) is 19.1 Å². The lowest BCUT2D eigenvalue weighted by atomic mass is 10.2. The molecule has 0 aliphatic rings. The van der Waals surface area contributed by atoms with E-state index in [4.69, 9.17) is 10.1 Å². The maximum Gasteiger partial charge on any atom is 0.407 e. The van der Waals surface area contributed by atoms with Crippen molar-refractivity contribution >= 4 is 29.6 Å². The van der Waals surface area contributed by atoms with E-state index in [-0.39, 0.29) is 5.17 Å². The van der Waals surface area contributed by atoms with Crippen molar-refractivity contribution in [3.8, 4) is 0 Å². The molecule has 2 N–H and O–H groups in total. The number of rotatable bonds is 5. The van der Waals surface area contributed by atoms with E-state index in [1.54, 1.807) is 0 Å². The number of ether oxygens (including phenoxy) is 1. The molecule has 6 heteroatoms. The second-order valence-electron chi connectivity index (χ2n) is 6.00. The van der Waals surface area contributed by atoms with Gasteiger partial charge in [0.25, 0.3) is 0 Å². The number of anilines is 1. The lowest BCUT2D eigenvalue weighted by Crippen LogP contribution is -2.32. The number of nitrogens with zero attached hydrogens (tertiary/aromatic N) is 1. The quantitative estimate of drug-likeness (QED) is 0.439. The first-order chi connectivity index (χ1) is 10.2. The Morgan fingerprint density at radius 3 is 2.64 bits per heavy atom. The van der Waals surface area contributed by atoms with Crippen molar-refractivity contribution < 1.29 is 9.53 Å². The second-order valence-corrected chi connectivity index (χ2v) is 6.42. The summed E-state index contributed by atoms with van der Waals surface area (Å²) in [7, 11) is 0. The summed E-state index contributed by atoms with van der Waals surface area (Å²) < 4.78 is 5.21. The van der Waals surface area contributed by atoms with Gasteiger partial charge in [0.2, 0.25) is 0 Å². The summed E-state index contributed by atoms with van der Waals surface area (Å²) in [5, 5.41) is 10.7. The standard InChI is InChI=1S/C16H25N3O2S/c1-5-9-19(14(17)22)13-8-6-7-12(10-13)11-18-15(20)21-16(2,3)4/h6-8,10H,5,9,11H2,1-4H3,(H2,17,22)(H,18,20). The van der Waals surface area contributed by atoms with Crippen LogP contribution in [0.1, 0.15) is 39.7 Å². The molecule has 0 atom stereocenters. The maximum absolute atomic E-state index is 11.7. The van der Waals surface area contributed by atoms with Gasteiger partial charge < -0.3 is 15.0 Å². The fraction of sp³-hybridized carbons (Fsp3) is 0.500. The molecule has 1 aromatic carbocycles. The third-order valence-corrected chi connectivity index (χ3v) is 3.00. The zero-order chi connectivity index (χ0) is 16.8. The number of alkyl carbamates (subject to hydrolysis) is 1. The molecule has 0 fully saturated rings. The molecule has 0 radical (unpaired) electrons. The van der Waals surface area contributed by atoms with E-state index in [1.165, 1.54) is 0 Å². The highest BCUT2D eigenvalue weighted by Gasteiger charge is 2.16. The monoisotopic (exact) mass is 323 g/mol. The molecule has 0 aliphatic carbocycles. The highest BCUT2D eigenvalue weighted by Crippen LogP contribution is 2.18. The Hall–Kier alpha value is -1.69. The fourth-order valence-electron chi connectivity index (χ4n) is 1.90. The predicted octanol–water partition coefficient (Wildman–Crippen LogP) is 3.79. The molecular weight excluding hydrogens is 298 g/mol. The third-order valence-electron chi connectivity index (χ3n) is 2.76. The molecule has 0 aromatic heterocycles. The molecule has 0 aliphatic heterocycles. The van der Waals surface area contributed by atoms with Crippen molar-refractivity contribution in [1.29, 1.82) is 5.41 Å². The van der Waals surface area contributed by atoms with Crippen LogP contribution in [0.3, 0.4) is 0 Å². The summed E-state index contributed by atoms with van der Waals surface area (Å²) in [6, 6.07) is 7.70. The molecule has 0 saturated carbocycles. The Morgan fingerprint density at radius 1 is 1.41 bits per heavy atom. The second kappa shape index (κ2) is 8.08. The van der Waals surface area contributed by atoms with Gasteiger partial charge in [-0.05, 0) is 44.9 Å². The summed E-state index contributed by atoms with van der Waals surface area (Å²) in [6.07, 6.45) is 0.480. The summed E-state index contributed by atoms with van der Waals surface area (Å²) in [6.45, 7) is 8.64. The highest BCUT2D eigenvalue weighted by molar-refractivity contribution is 7.97. The number of thiol groups is 1. The van der Waals surface area contributed by atoms with Crippen molar-refractivity contribution in [2.45, 2.75) is 46.3 Å². The van der Waals surface area contributed by atoms with E-state index in [1.807, 2.05) is 49.9 Å². The average Bonchev–Trinajstić information content (AvgIpc) is 2.40. The Morgan fingerprint density at radius 2 is 2.09 bits per heavy atom. The van der Waals surface area contributed by atoms with Crippen LogP contribution in [0.15, 0.2) is 24.3 Å². The van der Waals surface area contributed by atoms with Gasteiger partial charge >= 0.3 is 6.09 Å². The SMILES string of the molecule is CCCN(C(=N)S)c1cccc(CNC(=O)OC(C)(C)C)c1. The number of amides is 1. The minimum atomic E-state index is -0.509. The normalized spacial score (nSPS) is 11.0. The average molecular weight is 323 g/mol. The van der Waals surface area contributed by atoms with Crippen molar-refractivity contribution in [3.05, 3.63) is 29.8 Å². The lowest BCUT2D eigenvalue weighted by Gasteiger charge is -2.23. The molecule has 0 saturated heterocycles. The first-order valence-electron chi connectivity index (χ1n) is 7.34. The van der Waals surface area contributed by atoms with E-state index >= 15 is 0 Å². The highest BCUT2D eigenvalue weighted by atomic mass is 32.1. The van der Waals surface area contributed by atoms with E-state index < -0.39 is 11.7 Å². The van der Waals surface area contributed by atoms with Crippen LogP contribution in [-0.4, -0.2) is 23.4 Å². The van der Waals surface area contributed by atoms with Gasteiger partial charge in [-0.25, -0.2) is 4.79 Å². The fourth-order valence-corrected chi connectivity index (χ4v) is 2.12. The number of nitrogens with one attached hydrogen (secondary N) is 2. The van der Waals surface area contributed by atoms with Crippen LogP contribution in [0.2, 0.25) is 0 Å². The molecule has 0 spiro atoms. The van der Waals surface area contributed by atoms with Gasteiger partial charge in [-0.3, -0.25) is 5.41 Å². The summed E-state index contributed by atoms with van der Waals surface area (Å²) in [5.41, 5.74) is 1.33. The van der Waals surface area contributed by atoms with Gasteiger partial charge in [0.1, 0.15) is 5.60 Å². The molecule has 1 amide bonds. The molecule has 0 heterocycles.